The molecule has 7 heteroatoms. The van der Waals surface area contributed by atoms with E-state index in [-0.39, 0.29) is 5.84 Å². The third kappa shape index (κ3) is 5.93. The van der Waals surface area contributed by atoms with Gasteiger partial charge in [-0.05, 0) is 48.9 Å². The summed E-state index contributed by atoms with van der Waals surface area (Å²) in [7, 11) is 7.94. The number of benzene rings is 2. The van der Waals surface area contributed by atoms with E-state index in [0.717, 1.165) is 16.9 Å². The molecule has 0 atom stereocenters. The number of anilines is 2. The molecule has 0 spiro atoms. The lowest BCUT2D eigenvalue weighted by molar-refractivity contribution is 0.236. The van der Waals surface area contributed by atoms with Crippen molar-refractivity contribution >= 4 is 34.8 Å². The predicted octanol–water partition coefficient (Wildman–Crippen LogP) is 3.32. The highest BCUT2D eigenvalue weighted by Crippen LogP contribution is 2.18. The van der Waals surface area contributed by atoms with Gasteiger partial charge in [-0.15, -0.1) is 0 Å². The van der Waals surface area contributed by atoms with Crippen molar-refractivity contribution in [2.75, 3.05) is 38.0 Å². The molecule has 142 valence electrons. The first-order valence-electron chi connectivity index (χ1n) is 8.52. The molecule has 7 nitrogen and oxygen atoms in total. The SMILES string of the molecule is CC(=NN=Cc1ccc(N(C)C)cc1)C(=Nc1ccc(N(C)C)cc1)NO. The van der Waals surface area contributed by atoms with Crippen LogP contribution in [0.3, 0.4) is 0 Å². The van der Waals surface area contributed by atoms with Gasteiger partial charge < -0.3 is 9.80 Å². The Morgan fingerprint density at radius 2 is 1.41 bits per heavy atom. The Kier molecular flexibility index (Phi) is 7.08. The average Bonchev–Trinajstić information content (AvgIpc) is 2.66. The van der Waals surface area contributed by atoms with Gasteiger partial charge in [-0.25, -0.2) is 4.99 Å². The van der Waals surface area contributed by atoms with E-state index in [9.17, 15) is 5.21 Å². The highest BCUT2D eigenvalue weighted by Gasteiger charge is 2.03. The van der Waals surface area contributed by atoms with E-state index in [1.165, 1.54) is 0 Å². The second kappa shape index (κ2) is 9.49. The van der Waals surface area contributed by atoms with E-state index in [4.69, 9.17) is 0 Å². The number of rotatable bonds is 6. The summed E-state index contributed by atoms with van der Waals surface area (Å²) in [4.78, 5) is 8.40. The molecule has 0 unspecified atom stereocenters. The van der Waals surface area contributed by atoms with Crippen molar-refractivity contribution in [3.63, 3.8) is 0 Å². The molecular formula is C20H26N6O. The Labute approximate surface area is 160 Å². The van der Waals surface area contributed by atoms with Crippen LogP contribution in [0, 0.1) is 0 Å². The first-order valence-corrected chi connectivity index (χ1v) is 8.52. The first kappa shape index (κ1) is 20.1. The van der Waals surface area contributed by atoms with Gasteiger partial charge in [-0.3, -0.25) is 10.7 Å². The Morgan fingerprint density at radius 1 is 0.889 bits per heavy atom. The van der Waals surface area contributed by atoms with Crippen LogP contribution < -0.4 is 15.3 Å². The highest BCUT2D eigenvalue weighted by atomic mass is 16.5. The molecule has 0 aliphatic rings. The largest absolute Gasteiger partial charge is 0.378 e. The van der Waals surface area contributed by atoms with Gasteiger partial charge in [0.05, 0.1) is 11.9 Å². The fourth-order valence-corrected chi connectivity index (χ4v) is 2.23. The average molecular weight is 366 g/mol. The maximum atomic E-state index is 9.37. The molecule has 0 fully saturated rings. The molecule has 0 aromatic heterocycles. The van der Waals surface area contributed by atoms with Crippen LogP contribution >= 0.6 is 0 Å². The second-order valence-corrected chi connectivity index (χ2v) is 6.40. The summed E-state index contributed by atoms with van der Waals surface area (Å²) >= 11 is 0. The molecule has 0 aliphatic heterocycles. The summed E-state index contributed by atoms with van der Waals surface area (Å²) in [5, 5.41) is 17.6. The van der Waals surface area contributed by atoms with Crippen molar-refractivity contribution in [1.82, 2.24) is 5.48 Å². The maximum absolute atomic E-state index is 9.37. The van der Waals surface area contributed by atoms with Crippen molar-refractivity contribution in [3.05, 3.63) is 54.1 Å². The Balaban J connectivity index is 2.11. The summed E-state index contributed by atoms with van der Waals surface area (Å²) in [6.07, 6.45) is 1.66. The highest BCUT2D eigenvalue weighted by molar-refractivity contribution is 6.40. The van der Waals surface area contributed by atoms with Crippen LogP contribution in [0.5, 0.6) is 0 Å². The fraction of sp³-hybridized carbons (Fsp3) is 0.250. The van der Waals surface area contributed by atoms with Gasteiger partial charge in [-0.2, -0.15) is 10.2 Å². The Hall–Kier alpha value is -3.19. The zero-order valence-electron chi connectivity index (χ0n) is 16.4. The smallest absolute Gasteiger partial charge is 0.173 e. The number of hydrogen-bond donors (Lipinski definition) is 2. The van der Waals surface area contributed by atoms with Gasteiger partial charge in [-0.1, -0.05) is 12.1 Å². The summed E-state index contributed by atoms with van der Waals surface area (Å²) in [6.45, 7) is 1.72. The van der Waals surface area contributed by atoms with Crippen molar-refractivity contribution in [1.29, 1.82) is 0 Å². The predicted molar refractivity (Wildman–Crippen MR) is 114 cm³/mol. The van der Waals surface area contributed by atoms with E-state index in [1.807, 2.05) is 86.5 Å². The summed E-state index contributed by atoms with van der Waals surface area (Å²) in [5.41, 5.74) is 6.38. The zero-order valence-corrected chi connectivity index (χ0v) is 16.4. The lowest BCUT2D eigenvalue weighted by Gasteiger charge is -2.12. The molecule has 0 saturated carbocycles. The number of hydroxylamine groups is 1. The molecule has 2 aromatic carbocycles. The van der Waals surface area contributed by atoms with Crippen molar-refractivity contribution in [2.24, 2.45) is 15.2 Å². The minimum absolute atomic E-state index is 0.243. The Bertz CT molecular complexity index is 821. The molecule has 2 aromatic rings. The van der Waals surface area contributed by atoms with E-state index in [2.05, 4.69) is 20.7 Å². The summed E-state index contributed by atoms with van der Waals surface area (Å²) in [6, 6.07) is 15.6. The fourth-order valence-electron chi connectivity index (χ4n) is 2.23. The quantitative estimate of drug-likeness (QED) is 0.467. The molecule has 0 heterocycles. The van der Waals surface area contributed by atoms with Crippen LogP contribution in [0.4, 0.5) is 17.1 Å². The minimum Gasteiger partial charge on any atom is -0.378 e. The van der Waals surface area contributed by atoms with Gasteiger partial charge in [0.2, 0.25) is 0 Å². The van der Waals surface area contributed by atoms with Gasteiger partial charge in [0.1, 0.15) is 5.71 Å². The van der Waals surface area contributed by atoms with E-state index >= 15 is 0 Å². The number of amidine groups is 1. The lowest BCUT2D eigenvalue weighted by atomic mass is 10.2. The van der Waals surface area contributed by atoms with Crippen molar-refractivity contribution < 1.29 is 5.21 Å². The van der Waals surface area contributed by atoms with E-state index < -0.39 is 0 Å². The van der Waals surface area contributed by atoms with Crippen LogP contribution in [0.2, 0.25) is 0 Å². The zero-order chi connectivity index (χ0) is 19.8. The minimum atomic E-state index is 0.243. The molecule has 0 aliphatic carbocycles. The van der Waals surface area contributed by atoms with Gasteiger partial charge in [0.15, 0.2) is 5.84 Å². The Morgan fingerprint density at radius 3 is 1.89 bits per heavy atom. The number of nitrogens with one attached hydrogen (secondary N) is 1. The van der Waals surface area contributed by atoms with Crippen molar-refractivity contribution in [2.45, 2.75) is 6.92 Å². The van der Waals surface area contributed by atoms with E-state index in [0.29, 0.717) is 11.4 Å². The summed E-state index contributed by atoms with van der Waals surface area (Å²) < 4.78 is 0. The molecule has 27 heavy (non-hydrogen) atoms. The molecule has 0 radical (unpaired) electrons. The van der Waals surface area contributed by atoms with Gasteiger partial charge >= 0.3 is 0 Å². The van der Waals surface area contributed by atoms with Gasteiger partial charge in [0.25, 0.3) is 0 Å². The summed E-state index contributed by atoms with van der Waals surface area (Å²) in [5.74, 6) is 0.243. The van der Waals surface area contributed by atoms with Gasteiger partial charge in [0, 0.05) is 39.6 Å². The number of aliphatic imine (C=N–C) groups is 1. The molecule has 0 bridgehead atoms. The normalized spacial score (nSPS) is 12.4. The lowest BCUT2D eigenvalue weighted by Crippen LogP contribution is -2.26. The van der Waals surface area contributed by atoms with Crippen LogP contribution in [0.1, 0.15) is 12.5 Å². The first-order chi connectivity index (χ1) is 12.9. The van der Waals surface area contributed by atoms with E-state index in [1.54, 1.807) is 13.1 Å². The number of nitrogens with zero attached hydrogens (tertiary/aromatic N) is 5. The standard InChI is InChI=1S/C20H26N6O/c1-15(23-21-14-16-6-10-18(11-7-16)25(2)3)20(24-27)22-17-8-12-19(13-9-17)26(4)5/h6-14,27H,1-5H3,(H,22,24). The molecule has 2 rings (SSSR count). The third-order valence-electron chi connectivity index (χ3n) is 3.88. The molecule has 2 N–H and O–H groups in total. The second-order valence-electron chi connectivity index (χ2n) is 6.40. The van der Waals surface area contributed by atoms with Crippen molar-refractivity contribution in [3.8, 4) is 0 Å². The maximum Gasteiger partial charge on any atom is 0.173 e. The topological polar surface area (TPSA) is 75.8 Å². The number of hydrogen-bond acceptors (Lipinski definition) is 6. The molecular weight excluding hydrogens is 340 g/mol. The molecule has 0 amide bonds. The molecule has 0 saturated heterocycles. The van der Waals surface area contributed by atoms with Crippen LogP contribution in [0.25, 0.3) is 0 Å². The van der Waals surface area contributed by atoms with Crippen LogP contribution in [-0.2, 0) is 0 Å². The van der Waals surface area contributed by atoms with Crippen LogP contribution in [-0.4, -0.2) is 51.2 Å². The monoisotopic (exact) mass is 366 g/mol. The van der Waals surface area contributed by atoms with Crippen LogP contribution in [0.15, 0.2) is 63.7 Å². The third-order valence-corrected chi connectivity index (χ3v) is 3.88.